The monoisotopic (exact) mass is 385 g/mol. The Morgan fingerprint density at radius 1 is 1.41 bits per heavy atom. The first-order valence-corrected chi connectivity index (χ1v) is 9.26. The number of hydrogen-bond acceptors (Lipinski definition) is 4. The Bertz CT molecular complexity index is 563. The molecular weight excluding hydrogens is 366 g/mol. The Morgan fingerprint density at radius 3 is 3.00 bits per heavy atom. The zero-order valence-corrected chi connectivity index (χ0v) is 14.8. The number of thiophene rings is 1. The number of amides is 2. The zero-order valence-electron chi connectivity index (χ0n) is 12.4. The molecule has 1 atom stereocenters. The van der Waals surface area contributed by atoms with Gasteiger partial charge in [0.25, 0.3) is 0 Å². The molecule has 7 heteroatoms. The van der Waals surface area contributed by atoms with Gasteiger partial charge in [-0.1, -0.05) is 0 Å². The van der Waals surface area contributed by atoms with Crippen molar-refractivity contribution in [3.05, 3.63) is 20.8 Å². The molecule has 3 heterocycles. The molecule has 1 aromatic rings. The maximum atomic E-state index is 12.5. The van der Waals surface area contributed by atoms with E-state index in [1.165, 1.54) is 0 Å². The van der Waals surface area contributed by atoms with Crippen molar-refractivity contribution < 1.29 is 9.59 Å². The van der Waals surface area contributed by atoms with Crippen LogP contribution in [0, 0.1) is 0 Å². The van der Waals surface area contributed by atoms with E-state index in [1.807, 2.05) is 21.9 Å². The highest BCUT2D eigenvalue weighted by Crippen LogP contribution is 2.24. The van der Waals surface area contributed by atoms with Gasteiger partial charge in [0.05, 0.1) is 16.8 Å². The summed E-state index contributed by atoms with van der Waals surface area (Å²) < 4.78 is 1.05. The van der Waals surface area contributed by atoms with Crippen molar-refractivity contribution in [2.45, 2.75) is 25.3 Å². The lowest BCUT2D eigenvalue weighted by molar-refractivity contribution is -0.140. The smallest absolute Gasteiger partial charge is 0.236 e. The zero-order chi connectivity index (χ0) is 15.5. The van der Waals surface area contributed by atoms with Crippen LogP contribution in [-0.4, -0.2) is 60.4 Å². The van der Waals surface area contributed by atoms with Crippen molar-refractivity contribution >= 4 is 39.1 Å². The molecule has 0 spiro atoms. The molecular formula is C15H20BrN3O2S. The van der Waals surface area contributed by atoms with Crippen LogP contribution in [0.15, 0.2) is 15.9 Å². The number of piperazine rings is 1. The van der Waals surface area contributed by atoms with E-state index in [1.54, 1.807) is 11.3 Å². The fraction of sp³-hybridized carbons (Fsp3) is 0.600. The van der Waals surface area contributed by atoms with E-state index in [2.05, 4.69) is 21.2 Å². The quantitative estimate of drug-likeness (QED) is 0.856. The second-order valence-corrected chi connectivity index (χ2v) is 8.33. The van der Waals surface area contributed by atoms with Crippen LogP contribution in [0.3, 0.4) is 0 Å². The number of likely N-dealkylation sites (tertiary alicyclic amines) is 1. The Morgan fingerprint density at radius 2 is 2.27 bits per heavy atom. The van der Waals surface area contributed by atoms with Gasteiger partial charge in [0.2, 0.25) is 11.8 Å². The SMILES string of the molecule is O=C(Cc1ccc(Br)s1)N1CCCC(N2CCNCC2=O)C1. The van der Waals surface area contributed by atoms with Crippen LogP contribution in [0.25, 0.3) is 0 Å². The lowest BCUT2D eigenvalue weighted by atomic mass is 10.0. The van der Waals surface area contributed by atoms with Crippen LogP contribution in [-0.2, 0) is 16.0 Å². The van der Waals surface area contributed by atoms with Gasteiger partial charge in [-0.2, -0.15) is 0 Å². The van der Waals surface area contributed by atoms with E-state index in [4.69, 9.17) is 0 Å². The van der Waals surface area contributed by atoms with E-state index in [0.29, 0.717) is 19.5 Å². The summed E-state index contributed by atoms with van der Waals surface area (Å²) in [6, 6.07) is 4.15. The maximum Gasteiger partial charge on any atom is 0.236 e. The molecule has 0 aromatic carbocycles. The highest BCUT2D eigenvalue weighted by Gasteiger charge is 2.31. The summed E-state index contributed by atoms with van der Waals surface area (Å²) in [5.41, 5.74) is 0. The predicted octanol–water partition coefficient (Wildman–Crippen LogP) is 1.48. The van der Waals surface area contributed by atoms with E-state index >= 15 is 0 Å². The molecule has 2 fully saturated rings. The maximum absolute atomic E-state index is 12.5. The number of piperidine rings is 1. The summed E-state index contributed by atoms with van der Waals surface area (Å²) in [5.74, 6) is 0.328. The van der Waals surface area contributed by atoms with Gasteiger partial charge in [0.1, 0.15) is 0 Å². The van der Waals surface area contributed by atoms with Gasteiger partial charge < -0.3 is 15.1 Å². The second-order valence-electron chi connectivity index (χ2n) is 5.78. The first-order valence-electron chi connectivity index (χ1n) is 7.65. The number of nitrogens with one attached hydrogen (secondary N) is 1. The van der Waals surface area contributed by atoms with E-state index in [9.17, 15) is 9.59 Å². The number of halogens is 1. The van der Waals surface area contributed by atoms with Crippen LogP contribution in [0.2, 0.25) is 0 Å². The van der Waals surface area contributed by atoms with Gasteiger partial charge >= 0.3 is 0 Å². The van der Waals surface area contributed by atoms with Gasteiger partial charge in [0.15, 0.2) is 0 Å². The molecule has 3 rings (SSSR count). The second kappa shape index (κ2) is 7.10. The molecule has 22 heavy (non-hydrogen) atoms. The lowest BCUT2D eigenvalue weighted by Crippen LogP contribution is -2.57. The van der Waals surface area contributed by atoms with Crippen molar-refractivity contribution in [1.29, 1.82) is 0 Å². The van der Waals surface area contributed by atoms with Gasteiger partial charge in [-0.3, -0.25) is 9.59 Å². The summed E-state index contributed by atoms with van der Waals surface area (Å²) in [7, 11) is 0. The molecule has 2 saturated heterocycles. The Kier molecular flexibility index (Phi) is 5.15. The molecule has 0 radical (unpaired) electrons. The minimum Gasteiger partial charge on any atom is -0.340 e. The van der Waals surface area contributed by atoms with Crippen LogP contribution >= 0.6 is 27.3 Å². The van der Waals surface area contributed by atoms with Gasteiger partial charge in [0, 0.05) is 37.1 Å². The standard InChI is InChI=1S/C15H20BrN3O2S/c16-13-4-3-12(22-13)8-14(20)18-6-1-2-11(10-18)19-7-5-17-9-15(19)21/h3-4,11,17H,1-2,5-10H2. The third-order valence-corrected chi connectivity index (χ3v) is 5.89. The summed E-state index contributed by atoms with van der Waals surface area (Å²) in [6.45, 7) is 3.51. The van der Waals surface area contributed by atoms with Crippen molar-refractivity contribution in [2.24, 2.45) is 0 Å². The summed E-state index contributed by atoms with van der Waals surface area (Å²) in [6.07, 6.45) is 2.43. The highest BCUT2D eigenvalue weighted by atomic mass is 79.9. The fourth-order valence-corrected chi connectivity index (χ4v) is 4.62. The molecule has 1 N–H and O–H groups in total. The molecule has 0 saturated carbocycles. The molecule has 1 aromatic heterocycles. The largest absolute Gasteiger partial charge is 0.340 e. The summed E-state index contributed by atoms with van der Waals surface area (Å²) in [5, 5.41) is 3.10. The Labute approximate surface area is 142 Å². The molecule has 2 aliphatic heterocycles. The average Bonchev–Trinajstić information content (AvgIpc) is 2.93. The van der Waals surface area contributed by atoms with Crippen LogP contribution in [0.1, 0.15) is 17.7 Å². The van der Waals surface area contributed by atoms with Crippen molar-refractivity contribution in [3.8, 4) is 0 Å². The molecule has 0 aliphatic carbocycles. The molecule has 5 nitrogen and oxygen atoms in total. The third kappa shape index (κ3) is 3.70. The number of carbonyl (C=O) groups excluding carboxylic acids is 2. The van der Waals surface area contributed by atoms with E-state index in [0.717, 1.165) is 41.1 Å². The number of rotatable bonds is 3. The molecule has 120 valence electrons. The van der Waals surface area contributed by atoms with E-state index in [-0.39, 0.29) is 17.9 Å². The van der Waals surface area contributed by atoms with E-state index < -0.39 is 0 Å². The molecule has 1 unspecified atom stereocenters. The van der Waals surface area contributed by atoms with Crippen LogP contribution in [0.5, 0.6) is 0 Å². The van der Waals surface area contributed by atoms with Crippen molar-refractivity contribution in [1.82, 2.24) is 15.1 Å². The normalized spacial score (nSPS) is 23.0. The number of hydrogen-bond donors (Lipinski definition) is 1. The Balaban J connectivity index is 1.60. The first-order chi connectivity index (χ1) is 10.6. The topological polar surface area (TPSA) is 52.7 Å². The Hall–Kier alpha value is -0.920. The van der Waals surface area contributed by atoms with Crippen molar-refractivity contribution in [2.75, 3.05) is 32.7 Å². The summed E-state index contributed by atoms with van der Waals surface area (Å²) >= 11 is 5.04. The summed E-state index contributed by atoms with van der Waals surface area (Å²) in [4.78, 5) is 29.5. The molecule has 2 aliphatic rings. The average molecular weight is 386 g/mol. The van der Waals surface area contributed by atoms with Gasteiger partial charge in [-0.25, -0.2) is 0 Å². The third-order valence-electron chi connectivity index (χ3n) is 4.27. The highest BCUT2D eigenvalue weighted by molar-refractivity contribution is 9.11. The van der Waals surface area contributed by atoms with Crippen molar-refractivity contribution in [3.63, 3.8) is 0 Å². The van der Waals surface area contributed by atoms with Gasteiger partial charge in [-0.15, -0.1) is 11.3 Å². The lowest BCUT2D eigenvalue weighted by Gasteiger charge is -2.41. The minimum atomic E-state index is 0.160. The number of carbonyl (C=O) groups is 2. The van der Waals surface area contributed by atoms with Crippen LogP contribution in [0.4, 0.5) is 0 Å². The number of nitrogens with zero attached hydrogens (tertiary/aromatic N) is 2. The van der Waals surface area contributed by atoms with Crippen LogP contribution < -0.4 is 5.32 Å². The first kappa shape index (κ1) is 16.0. The minimum absolute atomic E-state index is 0.160. The fourth-order valence-electron chi connectivity index (χ4n) is 3.15. The predicted molar refractivity (Wildman–Crippen MR) is 89.9 cm³/mol. The van der Waals surface area contributed by atoms with Gasteiger partial charge in [-0.05, 0) is 40.9 Å². The molecule has 2 amide bonds. The molecule has 0 bridgehead atoms.